The van der Waals surface area contributed by atoms with Crippen LogP contribution in [0, 0.1) is 12.3 Å². The van der Waals surface area contributed by atoms with E-state index >= 15 is 0 Å². The van der Waals surface area contributed by atoms with Crippen molar-refractivity contribution in [3.05, 3.63) is 28.8 Å². The van der Waals surface area contributed by atoms with Crippen molar-refractivity contribution < 1.29 is 9.59 Å². The summed E-state index contributed by atoms with van der Waals surface area (Å²) >= 11 is 1.61. The molecule has 26 heavy (non-hydrogen) atoms. The van der Waals surface area contributed by atoms with Crippen LogP contribution < -0.4 is 0 Å². The van der Waals surface area contributed by atoms with Crippen LogP contribution in [0.1, 0.15) is 48.5 Å². The molecule has 0 N–H and O–H groups in total. The summed E-state index contributed by atoms with van der Waals surface area (Å²) in [5.74, 6) is 0.270. The summed E-state index contributed by atoms with van der Waals surface area (Å²) in [7, 11) is 0. The van der Waals surface area contributed by atoms with Gasteiger partial charge in [-0.1, -0.05) is 0 Å². The Kier molecular flexibility index (Phi) is 4.26. The maximum atomic E-state index is 13.1. The van der Waals surface area contributed by atoms with Gasteiger partial charge in [-0.05, 0) is 58.2 Å². The zero-order chi connectivity index (χ0) is 18.5. The lowest BCUT2D eigenvalue weighted by molar-refractivity contribution is -0.147. The molecule has 2 saturated heterocycles. The van der Waals surface area contributed by atoms with E-state index < -0.39 is 0 Å². The maximum absolute atomic E-state index is 13.1. The number of hydrogen-bond donors (Lipinski definition) is 0. The molecule has 1 unspecified atom stereocenters. The van der Waals surface area contributed by atoms with Crippen LogP contribution in [-0.2, 0) is 4.79 Å². The van der Waals surface area contributed by atoms with Gasteiger partial charge in [-0.3, -0.25) is 9.59 Å². The highest BCUT2D eigenvalue weighted by Gasteiger charge is 2.49. The molecular weight excluding hydrogens is 346 g/mol. The minimum Gasteiger partial charge on any atom is -0.340 e. The predicted octanol–water partition coefficient (Wildman–Crippen LogP) is 3.47. The van der Waals surface area contributed by atoms with Gasteiger partial charge in [0.05, 0.1) is 20.6 Å². The van der Waals surface area contributed by atoms with Crippen LogP contribution in [-0.4, -0.2) is 52.3 Å². The van der Waals surface area contributed by atoms with E-state index in [2.05, 4.69) is 18.8 Å². The molecule has 1 aromatic carbocycles. The standard InChI is InChI=1S/C20H25N3O2S/c1-13(2)23-9-4-7-20(19(23)25)8-10-22(12-20)18(24)15-5-6-16-17(11-15)26-14(3)21-16/h5-6,11,13H,4,7-10,12H2,1-3H3. The first kappa shape index (κ1) is 17.5. The SMILES string of the molecule is Cc1nc2ccc(C(=O)N3CCC4(CCCN(C(C)C)C4=O)C3)cc2s1. The molecule has 2 fully saturated rings. The highest BCUT2D eigenvalue weighted by molar-refractivity contribution is 7.18. The fourth-order valence-corrected chi connectivity index (χ4v) is 5.24. The summed E-state index contributed by atoms with van der Waals surface area (Å²) in [6.45, 7) is 8.17. The van der Waals surface area contributed by atoms with Crippen LogP contribution in [0.25, 0.3) is 10.2 Å². The van der Waals surface area contributed by atoms with Gasteiger partial charge in [-0.25, -0.2) is 4.98 Å². The van der Waals surface area contributed by atoms with E-state index in [1.807, 2.05) is 34.9 Å². The van der Waals surface area contributed by atoms with Crippen molar-refractivity contribution in [1.82, 2.24) is 14.8 Å². The van der Waals surface area contributed by atoms with E-state index in [9.17, 15) is 9.59 Å². The van der Waals surface area contributed by atoms with Crippen LogP contribution in [0.2, 0.25) is 0 Å². The summed E-state index contributed by atoms with van der Waals surface area (Å²) < 4.78 is 1.04. The fourth-order valence-electron chi connectivity index (χ4n) is 4.37. The number of nitrogens with zero attached hydrogens (tertiary/aromatic N) is 3. The van der Waals surface area contributed by atoms with Crippen LogP contribution in [0.5, 0.6) is 0 Å². The Morgan fingerprint density at radius 3 is 2.85 bits per heavy atom. The number of aromatic nitrogens is 1. The van der Waals surface area contributed by atoms with Crippen LogP contribution in [0.3, 0.4) is 0 Å². The molecule has 4 rings (SSSR count). The van der Waals surface area contributed by atoms with E-state index in [-0.39, 0.29) is 23.3 Å². The number of likely N-dealkylation sites (tertiary alicyclic amines) is 2. The molecule has 0 radical (unpaired) electrons. The summed E-state index contributed by atoms with van der Waals surface area (Å²) in [4.78, 5) is 34.4. The molecule has 2 aromatic rings. The lowest BCUT2D eigenvalue weighted by atomic mass is 9.78. The highest BCUT2D eigenvalue weighted by atomic mass is 32.1. The van der Waals surface area contributed by atoms with Gasteiger partial charge in [-0.2, -0.15) is 0 Å². The third-order valence-electron chi connectivity index (χ3n) is 5.78. The second kappa shape index (κ2) is 6.34. The molecule has 3 heterocycles. The first-order chi connectivity index (χ1) is 12.4. The second-order valence-electron chi connectivity index (χ2n) is 7.87. The minimum absolute atomic E-state index is 0.0318. The van der Waals surface area contributed by atoms with E-state index in [1.165, 1.54) is 0 Å². The molecule has 2 aliphatic heterocycles. The molecule has 0 aliphatic carbocycles. The smallest absolute Gasteiger partial charge is 0.253 e. The van der Waals surface area contributed by atoms with Gasteiger partial charge in [-0.15, -0.1) is 11.3 Å². The Hall–Kier alpha value is -1.95. The number of aryl methyl sites for hydroxylation is 1. The number of amides is 2. The number of carbonyl (C=O) groups excluding carboxylic acids is 2. The molecule has 2 amide bonds. The highest BCUT2D eigenvalue weighted by Crippen LogP contribution is 2.41. The zero-order valence-electron chi connectivity index (χ0n) is 15.6. The summed E-state index contributed by atoms with van der Waals surface area (Å²) in [6, 6.07) is 5.94. The molecule has 1 atom stereocenters. The number of rotatable bonds is 2. The summed E-state index contributed by atoms with van der Waals surface area (Å²) in [5.41, 5.74) is 1.27. The lowest BCUT2D eigenvalue weighted by Gasteiger charge is -2.41. The van der Waals surface area contributed by atoms with Crippen molar-refractivity contribution >= 4 is 33.4 Å². The Morgan fingerprint density at radius 1 is 1.27 bits per heavy atom. The van der Waals surface area contributed by atoms with Crippen molar-refractivity contribution in [3.63, 3.8) is 0 Å². The number of fused-ring (bicyclic) bond motifs is 1. The van der Waals surface area contributed by atoms with Gasteiger partial charge in [0.25, 0.3) is 5.91 Å². The van der Waals surface area contributed by atoms with E-state index in [1.54, 1.807) is 11.3 Å². The normalized spacial score (nSPS) is 23.6. The van der Waals surface area contributed by atoms with Gasteiger partial charge in [0, 0.05) is 31.2 Å². The molecule has 1 aromatic heterocycles. The molecule has 138 valence electrons. The fraction of sp³-hybridized carbons (Fsp3) is 0.550. The Bertz CT molecular complexity index is 875. The third kappa shape index (κ3) is 2.80. The van der Waals surface area contributed by atoms with Crippen LogP contribution in [0.15, 0.2) is 18.2 Å². The van der Waals surface area contributed by atoms with Gasteiger partial charge in [0.2, 0.25) is 5.91 Å². The van der Waals surface area contributed by atoms with Gasteiger partial charge in [0.1, 0.15) is 0 Å². The quantitative estimate of drug-likeness (QED) is 0.812. The zero-order valence-corrected chi connectivity index (χ0v) is 16.4. The van der Waals surface area contributed by atoms with Gasteiger partial charge < -0.3 is 9.80 Å². The largest absolute Gasteiger partial charge is 0.340 e. The van der Waals surface area contributed by atoms with E-state index in [0.717, 1.165) is 41.0 Å². The van der Waals surface area contributed by atoms with Crippen molar-refractivity contribution in [1.29, 1.82) is 0 Å². The van der Waals surface area contributed by atoms with Crippen molar-refractivity contribution in [2.45, 2.75) is 46.1 Å². The molecule has 6 heteroatoms. The topological polar surface area (TPSA) is 53.5 Å². The van der Waals surface area contributed by atoms with Crippen molar-refractivity contribution in [2.24, 2.45) is 5.41 Å². The average molecular weight is 372 g/mol. The van der Waals surface area contributed by atoms with Crippen LogP contribution in [0.4, 0.5) is 0 Å². The molecule has 5 nitrogen and oxygen atoms in total. The summed E-state index contributed by atoms with van der Waals surface area (Å²) in [5, 5.41) is 1.01. The number of hydrogen-bond acceptors (Lipinski definition) is 4. The Morgan fingerprint density at radius 2 is 2.08 bits per heavy atom. The minimum atomic E-state index is -0.372. The van der Waals surface area contributed by atoms with Crippen molar-refractivity contribution in [2.75, 3.05) is 19.6 Å². The molecule has 0 bridgehead atoms. The molecule has 1 spiro atoms. The van der Waals surface area contributed by atoms with Gasteiger partial charge >= 0.3 is 0 Å². The lowest BCUT2D eigenvalue weighted by Crippen LogP contribution is -2.52. The molecule has 2 aliphatic rings. The monoisotopic (exact) mass is 371 g/mol. The van der Waals surface area contributed by atoms with E-state index in [0.29, 0.717) is 18.7 Å². The first-order valence-electron chi connectivity index (χ1n) is 9.37. The maximum Gasteiger partial charge on any atom is 0.253 e. The number of thiazole rings is 1. The Balaban J connectivity index is 1.55. The number of benzene rings is 1. The van der Waals surface area contributed by atoms with Crippen LogP contribution >= 0.6 is 11.3 Å². The van der Waals surface area contributed by atoms with E-state index in [4.69, 9.17) is 0 Å². The number of piperidine rings is 1. The average Bonchev–Trinajstić information content (AvgIpc) is 3.19. The molecule has 0 saturated carbocycles. The first-order valence-corrected chi connectivity index (χ1v) is 10.2. The second-order valence-corrected chi connectivity index (χ2v) is 9.10. The summed E-state index contributed by atoms with van der Waals surface area (Å²) in [6.07, 6.45) is 2.70. The number of carbonyl (C=O) groups is 2. The van der Waals surface area contributed by atoms with Crippen molar-refractivity contribution in [3.8, 4) is 0 Å². The predicted molar refractivity (Wildman–Crippen MR) is 103 cm³/mol. The molecular formula is C20H25N3O2S. The van der Waals surface area contributed by atoms with Gasteiger partial charge in [0.15, 0.2) is 0 Å². The third-order valence-corrected chi connectivity index (χ3v) is 6.71. The Labute approximate surface area is 158 Å².